The largest absolute Gasteiger partial charge is 0.480 e. The highest BCUT2D eigenvalue weighted by molar-refractivity contribution is 5.83. The molecule has 0 heterocycles. The van der Waals surface area contributed by atoms with Crippen LogP contribution in [0.1, 0.15) is 62.5 Å². The van der Waals surface area contributed by atoms with Gasteiger partial charge in [0.25, 0.3) is 0 Å². The lowest BCUT2D eigenvalue weighted by Gasteiger charge is -2.32. The van der Waals surface area contributed by atoms with Gasteiger partial charge in [0.05, 0.1) is 0 Å². The third-order valence-electron chi connectivity index (χ3n) is 7.05. The average Bonchev–Trinajstić information content (AvgIpc) is 3.16. The van der Waals surface area contributed by atoms with Crippen molar-refractivity contribution in [2.75, 3.05) is 6.61 Å². The molecule has 180 valence electrons. The van der Waals surface area contributed by atoms with Gasteiger partial charge in [0.2, 0.25) is 5.91 Å². The number of carboxylic acid groups (broad SMARTS) is 1. The van der Waals surface area contributed by atoms with Crippen molar-refractivity contribution in [2.24, 2.45) is 5.92 Å². The van der Waals surface area contributed by atoms with Gasteiger partial charge in [0.1, 0.15) is 12.6 Å². The number of aliphatic carboxylic acids is 1. The summed E-state index contributed by atoms with van der Waals surface area (Å²) < 4.78 is 5.68. The van der Waals surface area contributed by atoms with Gasteiger partial charge in [0.15, 0.2) is 0 Å². The third-order valence-corrected chi connectivity index (χ3v) is 7.05. The Hall–Kier alpha value is -3.35. The number of carbonyl (C=O) groups is 3. The fourth-order valence-electron chi connectivity index (χ4n) is 5.26. The predicted octanol–water partition coefficient (Wildman–Crippen LogP) is 4.45. The van der Waals surface area contributed by atoms with E-state index < -0.39 is 18.1 Å². The van der Waals surface area contributed by atoms with E-state index >= 15 is 0 Å². The number of rotatable bonds is 8. The molecule has 0 aromatic heterocycles. The number of ether oxygens (including phenoxy) is 1. The predicted molar refractivity (Wildman–Crippen MR) is 128 cm³/mol. The van der Waals surface area contributed by atoms with Crippen LogP contribution in [0.3, 0.4) is 0 Å². The summed E-state index contributed by atoms with van der Waals surface area (Å²) in [6.45, 7) is 1.97. The number of hydrogen-bond acceptors (Lipinski definition) is 4. The van der Waals surface area contributed by atoms with Crippen LogP contribution in [0.25, 0.3) is 11.1 Å². The minimum absolute atomic E-state index is 0.00641. The summed E-state index contributed by atoms with van der Waals surface area (Å²) >= 11 is 0. The normalized spacial score (nSPS) is 20.0. The Balaban J connectivity index is 1.35. The van der Waals surface area contributed by atoms with E-state index in [0.29, 0.717) is 6.42 Å². The van der Waals surface area contributed by atoms with Gasteiger partial charge in [-0.2, -0.15) is 0 Å². The quantitative estimate of drug-likeness (QED) is 0.535. The standard InChI is InChI=1S/C27H32N2O5/c1-2-23(26(31)32)28-25(30)15-17-9-3-8-14-24(17)29-27(33)34-16-22-20-12-6-4-10-18(20)19-11-5-7-13-21(19)22/h4-7,10-13,17,22-24H,2-3,8-9,14-16H2,1H3,(H,28,30)(H,29,33)(H,31,32)/t17-,23?,24-/m0/s1. The zero-order valence-electron chi connectivity index (χ0n) is 19.5. The van der Waals surface area contributed by atoms with Gasteiger partial charge in [-0.05, 0) is 47.4 Å². The molecule has 1 fully saturated rings. The minimum atomic E-state index is -1.03. The lowest BCUT2D eigenvalue weighted by atomic mass is 9.82. The van der Waals surface area contributed by atoms with Crippen molar-refractivity contribution in [3.05, 3.63) is 59.7 Å². The maximum atomic E-state index is 12.7. The van der Waals surface area contributed by atoms with E-state index in [0.717, 1.165) is 36.8 Å². The summed E-state index contributed by atoms with van der Waals surface area (Å²) in [5.74, 6) is -1.37. The van der Waals surface area contributed by atoms with E-state index in [-0.39, 0.29) is 36.8 Å². The highest BCUT2D eigenvalue weighted by Gasteiger charge is 2.32. The van der Waals surface area contributed by atoms with E-state index in [9.17, 15) is 19.5 Å². The van der Waals surface area contributed by atoms with Crippen molar-refractivity contribution in [3.8, 4) is 11.1 Å². The van der Waals surface area contributed by atoms with Crippen LogP contribution in [0.4, 0.5) is 4.79 Å². The number of hydrogen-bond donors (Lipinski definition) is 3. The Labute approximate surface area is 199 Å². The number of alkyl carbamates (subject to hydrolysis) is 1. The second-order valence-electron chi connectivity index (χ2n) is 9.19. The van der Waals surface area contributed by atoms with Crippen LogP contribution in [0.15, 0.2) is 48.5 Å². The maximum Gasteiger partial charge on any atom is 0.407 e. The molecule has 7 nitrogen and oxygen atoms in total. The number of carboxylic acids is 1. The monoisotopic (exact) mass is 464 g/mol. The minimum Gasteiger partial charge on any atom is -0.480 e. The molecule has 1 saturated carbocycles. The van der Waals surface area contributed by atoms with Gasteiger partial charge in [-0.15, -0.1) is 0 Å². The molecule has 4 rings (SSSR count). The number of amides is 2. The van der Waals surface area contributed by atoms with Crippen molar-refractivity contribution in [1.29, 1.82) is 0 Å². The third kappa shape index (κ3) is 5.24. The number of nitrogens with one attached hydrogen (secondary N) is 2. The van der Waals surface area contributed by atoms with E-state index in [1.54, 1.807) is 6.92 Å². The SMILES string of the molecule is CCC(NC(=O)C[C@@H]1CCCC[C@@H]1NC(=O)OCC1c2ccccc2-c2ccccc21)C(=O)O. The van der Waals surface area contributed by atoms with Crippen molar-refractivity contribution in [2.45, 2.75) is 63.5 Å². The van der Waals surface area contributed by atoms with Gasteiger partial charge in [-0.25, -0.2) is 9.59 Å². The van der Waals surface area contributed by atoms with Gasteiger partial charge < -0.3 is 20.5 Å². The van der Waals surface area contributed by atoms with E-state index in [2.05, 4.69) is 34.9 Å². The molecule has 1 unspecified atom stereocenters. The van der Waals surface area contributed by atoms with Gasteiger partial charge in [0, 0.05) is 18.4 Å². The molecule has 3 N–H and O–H groups in total. The summed E-state index contributed by atoms with van der Waals surface area (Å²) in [5.41, 5.74) is 4.68. The highest BCUT2D eigenvalue weighted by atomic mass is 16.5. The van der Waals surface area contributed by atoms with E-state index in [1.807, 2.05) is 24.3 Å². The molecule has 2 aromatic rings. The molecule has 3 atom stereocenters. The molecule has 34 heavy (non-hydrogen) atoms. The first kappa shape index (κ1) is 23.8. The van der Waals surface area contributed by atoms with Crippen LogP contribution in [-0.4, -0.2) is 41.8 Å². The molecule has 0 aliphatic heterocycles. The molecular weight excluding hydrogens is 432 g/mol. The number of fused-ring (bicyclic) bond motifs is 3. The topological polar surface area (TPSA) is 105 Å². The Kier molecular flexibility index (Phi) is 7.50. The molecule has 0 saturated heterocycles. The summed E-state index contributed by atoms with van der Waals surface area (Å²) in [7, 11) is 0. The lowest BCUT2D eigenvalue weighted by molar-refractivity contribution is -0.142. The fourth-order valence-corrected chi connectivity index (χ4v) is 5.26. The molecule has 7 heteroatoms. The Bertz CT molecular complexity index is 1010. The second-order valence-corrected chi connectivity index (χ2v) is 9.19. The lowest BCUT2D eigenvalue weighted by Crippen LogP contribution is -2.46. The molecule has 0 bridgehead atoms. The first-order valence-corrected chi connectivity index (χ1v) is 12.1. The summed E-state index contributed by atoms with van der Waals surface area (Å²) in [6.07, 6.45) is 3.58. The van der Waals surface area contributed by atoms with Crippen LogP contribution in [0.2, 0.25) is 0 Å². The first-order chi connectivity index (χ1) is 16.5. The maximum absolute atomic E-state index is 12.7. The zero-order valence-corrected chi connectivity index (χ0v) is 19.5. The van der Waals surface area contributed by atoms with Crippen molar-refractivity contribution in [3.63, 3.8) is 0 Å². The van der Waals surface area contributed by atoms with Crippen molar-refractivity contribution >= 4 is 18.0 Å². The van der Waals surface area contributed by atoms with Crippen LogP contribution in [-0.2, 0) is 14.3 Å². The number of benzene rings is 2. The first-order valence-electron chi connectivity index (χ1n) is 12.1. The van der Waals surface area contributed by atoms with Crippen LogP contribution in [0.5, 0.6) is 0 Å². The average molecular weight is 465 g/mol. The van der Waals surface area contributed by atoms with Crippen LogP contribution >= 0.6 is 0 Å². The summed E-state index contributed by atoms with van der Waals surface area (Å²) in [6, 6.07) is 15.3. The van der Waals surface area contributed by atoms with E-state index in [4.69, 9.17) is 4.74 Å². The Morgan fingerprint density at radius 2 is 1.62 bits per heavy atom. The molecule has 2 aliphatic rings. The smallest absolute Gasteiger partial charge is 0.407 e. The van der Waals surface area contributed by atoms with Crippen molar-refractivity contribution in [1.82, 2.24) is 10.6 Å². The molecule has 0 spiro atoms. The second kappa shape index (κ2) is 10.7. The van der Waals surface area contributed by atoms with Crippen LogP contribution in [0, 0.1) is 5.92 Å². The van der Waals surface area contributed by atoms with Gasteiger partial charge in [-0.1, -0.05) is 68.3 Å². The summed E-state index contributed by atoms with van der Waals surface area (Å²) in [5, 5.41) is 14.7. The van der Waals surface area contributed by atoms with E-state index in [1.165, 1.54) is 11.1 Å². The molecular formula is C27H32N2O5. The molecule has 2 aliphatic carbocycles. The molecule has 2 amide bonds. The fraction of sp³-hybridized carbons (Fsp3) is 0.444. The molecule has 2 aromatic carbocycles. The summed E-state index contributed by atoms with van der Waals surface area (Å²) in [4.78, 5) is 36.4. The van der Waals surface area contributed by atoms with Crippen molar-refractivity contribution < 1.29 is 24.2 Å². The molecule has 0 radical (unpaired) electrons. The Morgan fingerprint density at radius 3 is 2.24 bits per heavy atom. The Morgan fingerprint density at radius 1 is 1.00 bits per heavy atom. The highest BCUT2D eigenvalue weighted by Crippen LogP contribution is 2.44. The number of carbonyl (C=O) groups excluding carboxylic acids is 2. The van der Waals surface area contributed by atoms with Gasteiger partial charge >= 0.3 is 12.1 Å². The van der Waals surface area contributed by atoms with Crippen LogP contribution < -0.4 is 10.6 Å². The van der Waals surface area contributed by atoms with Gasteiger partial charge in [-0.3, -0.25) is 4.79 Å². The zero-order chi connectivity index (χ0) is 24.1.